The molecule has 1 rings (SSSR count). The molecule has 0 amide bonds. The average molecular weight is 225 g/mol. The molecular weight excluding hydrogens is 206 g/mol. The number of unbranched alkanes of at least 4 members (excludes halogenated alkanes) is 2. The zero-order valence-corrected chi connectivity index (χ0v) is 10.1. The number of rotatable bonds is 5. The molecule has 0 saturated heterocycles. The predicted octanol–water partition coefficient (Wildman–Crippen LogP) is 2.68. The number of aromatic nitrogens is 1. The molecule has 4 nitrogen and oxygen atoms in total. The van der Waals surface area contributed by atoms with E-state index in [9.17, 15) is 10.2 Å². The van der Waals surface area contributed by atoms with Gasteiger partial charge in [0.2, 0.25) is 5.75 Å². The van der Waals surface area contributed by atoms with Crippen molar-refractivity contribution >= 4 is 0 Å². The standard InChI is InChI=1S/C12H19NO3/c1-4-5-6-7-16-12-9(3)13-8(2)10(14)11(12)15/h14H,4-7H2,1-3H3,(H,13,15). The predicted molar refractivity (Wildman–Crippen MR) is 62.1 cm³/mol. The fraction of sp³-hybridized carbons (Fsp3) is 0.583. The summed E-state index contributed by atoms with van der Waals surface area (Å²) >= 11 is 0. The van der Waals surface area contributed by atoms with Gasteiger partial charge in [0.1, 0.15) is 0 Å². The molecule has 0 aliphatic heterocycles. The lowest BCUT2D eigenvalue weighted by molar-refractivity contribution is 0.280. The Morgan fingerprint density at radius 2 is 1.75 bits per heavy atom. The zero-order chi connectivity index (χ0) is 12.1. The van der Waals surface area contributed by atoms with E-state index < -0.39 is 0 Å². The highest BCUT2D eigenvalue weighted by Gasteiger charge is 2.15. The highest BCUT2D eigenvalue weighted by atomic mass is 16.5. The molecule has 2 N–H and O–H groups in total. The van der Waals surface area contributed by atoms with Crippen LogP contribution in [0.2, 0.25) is 0 Å². The minimum absolute atomic E-state index is 0.198. The van der Waals surface area contributed by atoms with Crippen LogP contribution in [0.15, 0.2) is 0 Å². The maximum atomic E-state index is 9.70. The van der Waals surface area contributed by atoms with Crippen molar-refractivity contribution in [1.82, 2.24) is 4.98 Å². The topological polar surface area (TPSA) is 62.6 Å². The quantitative estimate of drug-likeness (QED) is 0.756. The summed E-state index contributed by atoms with van der Waals surface area (Å²) in [7, 11) is 0. The van der Waals surface area contributed by atoms with Crippen molar-refractivity contribution in [3.05, 3.63) is 11.4 Å². The third kappa shape index (κ3) is 2.78. The van der Waals surface area contributed by atoms with Gasteiger partial charge in [-0.25, -0.2) is 0 Å². The van der Waals surface area contributed by atoms with Gasteiger partial charge in [0.05, 0.1) is 18.0 Å². The summed E-state index contributed by atoms with van der Waals surface area (Å²) < 4.78 is 5.43. The zero-order valence-electron chi connectivity index (χ0n) is 10.1. The van der Waals surface area contributed by atoms with Gasteiger partial charge in [-0.1, -0.05) is 19.8 Å². The Bertz CT molecular complexity index is 364. The smallest absolute Gasteiger partial charge is 0.204 e. The van der Waals surface area contributed by atoms with Crippen LogP contribution in [0.5, 0.6) is 17.2 Å². The first-order valence-electron chi connectivity index (χ1n) is 5.59. The first kappa shape index (κ1) is 12.6. The first-order valence-corrected chi connectivity index (χ1v) is 5.59. The second-order valence-corrected chi connectivity index (χ2v) is 3.86. The summed E-state index contributed by atoms with van der Waals surface area (Å²) in [5, 5.41) is 19.2. The molecule has 0 aliphatic rings. The number of aryl methyl sites for hydroxylation is 2. The van der Waals surface area contributed by atoms with Crippen LogP contribution in [0.3, 0.4) is 0 Å². The van der Waals surface area contributed by atoms with Gasteiger partial charge in [-0.05, 0) is 20.3 Å². The number of hydrogen-bond donors (Lipinski definition) is 2. The molecule has 0 aliphatic carbocycles. The van der Waals surface area contributed by atoms with Gasteiger partial charge in [-0.15, -0.1) is 0 Å². The van der Waals surface area contributed by atoms with Crippen LogP contribution >= 0.6 is 0 Å². The summed E-state index contributed by atoms with van der Waals surface area (Å²) in [5.41, 5.74) is 1.01. The number of hydrogen-bond acceptors (Lipinski definition) is 4. The summed E-state index contributed by atoms with van der Waals surface area (Å²) in [6.07, 6.45) is 3.14. The Hall–Kier alpha value is -1.45. The van der Waals surface area contributed by atoms with Crippen LogP contribution in [0.4, 0.5) is 0 Å². The summed E-state index contributed by atoms with van der Waals surface area (Å²) in [6, 6.07) is 0. The molecule has 1 heterocycles. The van der Waals surface area contributed by atoms with E-state index in [1.807, 2.05) is 0 Å². The fourth-order valence-electron chi connectivity index (χ4n) is 1.50. The lowest BCUT2D eigenvalue weighted by Gasteiger charge is -2.12. The molecule has 0 fully saturated rings. The molecule has 0 radical (unpaired) electrons. The van der Waals surface area contributed by atoms with E-state index in [0.29, 0.717) is 23.7 Å². The van der Waals surface area contributed by atoms with Crippen LogP contribution in [0.1, 0.15) is 37.6 Å². The third-order valence-electron chi connectivity index (χ3n) is 2.44. The molecule has 4 heteroatoms. The lowest BCUT2D eigenvalue weighted by atomic mass is 10.2. The van der Waals surface area contributed by atoms with Crippen molar-refractivity contribution < 1.29 is 14.9 Å². The van der Waals surface area contributed by atoms with Crippen molar-refractivity contribution in [3.63, 3.8) is 0 Å². The second kappa shape index (κ2) is 5.58. The largest absolute Gasteiger partial charge is 0.503 e. The van der Waals surface area contributed by atoms with Crippen LogP contribution in [-0.4, -0.2) is 21.8 Å². The Balaban J connectivity index is 2.76. The second-order valence-electron chi connectivity index (χ2n) is 3.86. The van der Waals surface area contributed by atoms with Crippen LogP contribution < -0.4 is 4.74 Å². The first-order chi connectivity index (χ1) is 7.57. The molecule has 0 aromatic carbocycles. The molecule has 0 unspecified atom stereocenters. The number of nitrogens with zero attached hydrogens (tertiary/aromatic N) is 1. The summed E-state index contributed by atoms with van der Waals surface area (Å²) in [4.78, 5) is 4.10. The maximum absolute atomic E-state index is 9.70. The molecule has 0 spiro atoms. The van der Waals surface area contributed by atoms with E-state index in [0.717, 1.165) is 19.3 Å². The van der Waals surface area contributed by atoms with E-state index in [-0.39, 0.29) is 11.5 Å². The van der Waals surface area contributed by atoms with Crippen LogP contribution in [0, 0.1) is 13.8 Å². The van der Waals surface area contributed by atoms with E-state index in [2.05, 4.69) is 11.9 Å². The van der Waals surface area contributed by atoms with Gasteiger partial charge < -0.3 is 14.9 Å². The maximum Gasteiger partial charge on any atom is 0.204 e. The SMILES string of the molecule is CCCCCOc1c(C)nc(C)c(O)c1O. The minimum atomic E-state index is -0.207. The Morgan fingerprint density at radius 1 is 1.06 bits per heavy atom. The van der Waals surface area contributed by atoms with Crippen LogP contribution in [0.25, 0.3) is 0 Å². The van der Waals surface area contributed by atoms with Gasteiger partial charge >= 0.3 is 0 Å². The van der Waals surface area contributed by atoms with Crippen LogP contribution in [-0.2, 0) is 0 Å². The Kier molecular flexibility index (Phi) is 4.40. The third-order valence-corrected chi connectivity index (χ3v) is 2.44. The van der Waals surface area contributed by atoms with Gasteiger partial charge in [0.15, 0.2) is 11.5 Å². The number of pyridine rings is 1. The average Bonchev–Trinajstić information content (AvgIpc) is 2.25. The van der Waals surface area contributed by atoms with E-state index >= 15 is 0 Å². The molecule has 0 bridgehead atoms. The Morgan fingerprint density at radius 3 is 2.38 bits per heavy atom. The summed E-state index contributed by atoms with van der Waals surface area (Å²) in [6.45, 7) is 6.04. The van der Waals surface area contributed by atoms with Crippen molar-refractivity contribution in [2.45, 2.75) is 40.0 Å². The van der Waals surface area contributed by atoms with E-state index in [4.69, 9.17) is 4.74 Å². The van der Waals surface area contributed by atoms with Gasteiger partial charge in [-0.3, -0.25) is 4.98 Å². The summed E-state index contributed by atoms with van der Waals surface area (Å²) in [5.74, 6) is -0.114. The highest BCUT2D eigenvalue weighted by Crippen LogP contribution is 2.38. The number of ether oxygens (including phenoxy) is 1. The highest BCUT2D eigenvalue weighted by molar-refractivity contribution is 5.53. The molecule has 90 valence electrons. The van der Waals surface area contributed by atoms with Gasteiger partial charge in [0, 0.05) is 0 Å². The Labute approximate surface area is 95.9 Å². The fourth-order valence-corrected chi connectivity index (χ4v) is 1.50. The normalized spacial score (nSPS) is 10.4. The molecule has 1 aromatic heterocycles. The lowest BCUT2D eigenvalue weighted by Crippen LogP contribution is -2.01. The molecular formula is C12H19NO3. The van der Waals surface area contributed by atoms with Gasteiger partial charge in [-0.2, -0.15) is 0 Å². The molecule has 0 atom stereocenters. The van der Waals surface area contributed by atoms with Crippen molar-refractivity contribution in [1.29, 1.82) is 0 Å². The van der Waals surface area contributed by atoms with Crippen molar-refractivity contribution in [3.8, 4) is 17.2 Å². The van der Waals surface area contributed by atoms with Crippen molar-refractivity contribution in [2.75, 3.05) is 6.61 Å². The van der Waals surface area contributed by atoms with E-state index in [1.54, 1.807) is 13.8 Å². The van der Waals surface area contributed by atoms with Gasteiger partial charge in [0.25, 0.3) is 0 Å². The molecule has 0 saturated carbocycles. The minimum Gasteiger partial charge on any atom is -0.503 e. The van der Waals surface area contributed by atoms with E-state index in [1.165, 1.54) is 0 Å². The monoisotopic (exact) mass is 225 g/mol. The number of aromatic hydroxyl groups is 2. The molecule has 1 aromatic rings. The van der Waals surface area contributed by atoms with Crippen molar-refractivity contribution in [2.24, 2.45) is 0 Å². The molecule has 16 heavy (non-hydrogen) atoms.